The normalized spacial score (nSPS) is 15.8. The maximum Gasteiger partial charge on any atom is 0.138 e. The van der Waals surface area contributed by atoms with E-state index in [9.17, 15) is 0 Å². The Labute approximate surface area is 125 Å². The van der Waals surface area contributed by atoms with Gasteiger partial charge in [-0.25, -0.2) is 9.97 Å². The van der Waals surface area contributed by atoms with Crippen molar-refractivity contribution in [2.75, 3.05) is 19.4 Å². The first-order chi connectivity index (χ1) is 9.76. The fourth-order valence-electron chi connectivity index (χ4n) is 2.57. The molecule has 4 nitrogen and oxygen atoms in total. The summed E-state index contributed by atoms with van der Waals surface area (Å²) in [5, 5.41) is 9.73. The summed E-state index contributed by atoms with van der Waals surface area (Å²) in [5.41, 5.74) is 1.28. The van der Waals surface area contributed by atoms with E-state index in [1.807, 2.05) is 14.1 Å². The van der Waals surface area contributed by atoms with Crippen molar-refractivity contribution in [2.24, 2.45) is 0 Å². The predicted octanol–water partition coefficient (Wildman–Crippen LogP) is 3.58. The number of aryl methyl sites for hydroxylation is 1. The van der Waals surface area contributed by atoms with Crippen molar-refractivity contribution in [3.63, 3.8) is 0 Å². The second kappa shape index (κ2) is 7.55. The van der Waals surface area contributed by atoms with E-state index < -0.39 is 0 Å². The maximum atomic E-state index is 4.42. The van der Waals surface area contributed by atoms with Crippen LogP contribution in [0.1, 0.15) is 37.7 Å². The SMILES string of the molecule is CNC.Cc1csc2ncnc(NC3CCCCC3)c12. The lowest BCUT2D eigenvalue weighted by molar-refractivity contribution is 0.462. The third kappa shape index (κ3) is 3.67. The van der Waals surface area contributed by atoms with Gasteiger partial charge in [-0.05, 0) is 44.8 Å². The standard InChI is InChI=1S/C13H17N3S.C2H7N/c1-9-7-17-13-11(9)12(14-8-15-13)16-10-5-3-2-4-6-10;1-3-2/h7-8,10H,2-6H2,1H3,(H,14,15,16);3H,1-2H3. The van der Waals surface area contributed by atoms with E-state index in [1.165, 1.54) is 43.1 Å². The topological polar surface area (TPSA) is 49.8 Å². The summed E-state index contributed by atoms with van der Waals surface area (Å²) in [6.45, 7) is 2.13. The van der Waals surface area contributed by atoms with Gasteiger partial charge in [-0.1, -0.05) is 19.3 Å². The Hall–Kier alpha value is -1.20. The van der Waals surface area contributed by atoms with Crippen molar-refractivity contribution in [2.45, 2.75) is 45.1 Å². The molecule has 2 heterocycles. The molecule has 2 aromatic rings. The van der Waals surface area contributed by atoms with E-state index in [2.05, 4.69) is 32.9 Å². The number of hydrogen-bond donors (Lipinski definition) is 2. The second-order valence-corrected chi connectivity index (χ2v) is 6.16. The first-order valence-electron chi connectivity index (χ1n) is 7.30. The Balaban J connectivity index is 0.000000452. The van der Waals surface area contributed by atoms with Crippen LogP contribution < -0.4 is 10.6 Å². The van der Waals surface area contributed by atoms with Crippen LogP contribution in [-0.4, -0.2) is 30.1 Å². The highest BCUT2D eigenvalue weighted by atomic mass is 32.1. The number of nitrogens with one attached hydrogen (secondary N) is 2. The predicted molar refractivity (Wildman–Crippen MR) is 87.6 cm³/mol. The van der Waals surface area contributed by atoms with Gasteiger partial charge in [-0.2, -0.15) is 0 Å². The highest BCUT2D eigenvalue weighted by molar-refractivity contribution is 7.17. The molecule has 0 aromatic carbocycles. The molecule has 1 aliphatic carbocycles. The van der Waals surface area contributed by atoms with Gasteiger partial charge in [0.2, 0.25) is 0 Å². The van der Waals surface area contributed by atoms with Crippen LogP contribution >= 0.6 is 11.3 Å². The Kier molecular flexibility index (Phi) is 5.73. The zero-order valence-corrected chi connectivity index (χ0v) is 13.4. The number of nitrogens with zero attached hydrogens (tertiary/aromatic N) is 2. The summed E-state index contributed by atoms with van der Waals surface area (Å²) in [4.78, 5) is 9.84. The lowest BCUT2D eigenvalue weighted by Crippen LogP contribution is -2.22. The van der Waals surface area contributed by atoms with Crippen LogP contribution in [0.4, 0.5) is 5.82 Å². The number of rotatable bonds is 2. The number of thiophene rings is 1. The second-order valence-electron chi connectivity index (χ2n) is 5.30. The minimum absolute atomic E-state index is 0.598. The van der Waals surface area contributed by atoms with Gasteiger partial charge in [0.15, 0.2) is 0 Å². The number of aromatic nitrogens is 2. The average Bonchev–Trinajstić information content (AvgIpc) is 2.84. The molecular weight excluding hydrogens is 268 g/mol. The van der Waals surface area contributed by atoms with Gasteiger partial charge in [-0.3, -0.25) is 0 Å². The molecule has 0 bridgehead atoms. The van der Waals surface area contributed by atoms with Crippen molar-refractivity contribution < 1.29 is 0 Å². The molecule has 1 aliphatic rings. The molecule has 2 aromatic heterocycles. The average molecular weight is 292 g/mol. The quantitative estimate of drug-likeness (QED) is 0.888. The monoisotopic (exact) mass is 292 g/mol. The first-order valence-corrected chi connectivity index (χ1v) is 8.18. The van der Waals surface area contributed by atoms with Crippen LogP contribution in [0.5, 0.6) is 0 Å². The minimum atomic E-state index is 0.598. The molecule has 0 radical (unpaired) electrons. The van der Waals surface area contributed by atoms with Gasteiger partial charge in [0.1, 0.15) is 17.0 Å². The van der Waals surface area contributed by atoms with Crippen molar-refractivity contribution in [1.29, 1.82) is 0 Å². The van der Waals surface area contributed by atoms with Crippen LogP contribution in [-0.2, 0) is 0 Å². The Morgan fingerprint density at radius 3 is 2.55 bits per heavy atom. The zero-order valence-electron chi connectivity index (χ0n) is 12.6. The van der Waals surface area contributed by atoms with E-state index in [1.54, 1.807) is 17.7 Å². The molecule has 110 valence electrons. The molecular formula is C15H24N4S. The fraction of sp³-hybridized carbons (Fsp3) is 0.600. The Bertz CT molecular complexity index is 532. The largest absolute Gasteiger partial charge is 0.367 e. The molecule has 0 saturated heterocycles. The molecule has 3 rings (SSSR count). The summed E-state index contributed by atoms with van der Waals surface area (Å²) >= 11 is 1.70. The van der Waals surface area contributed by atoms with Crippen LogP contribution in [0.3, 0.4) is 0 Å². The Morgan fingerprint density at radius 1 is 1.15 bits per heavy atom. The van der Waals surface area contributed by atoms with Crippen molar-refractivity contribution >= 4 is 27.4 Å². The minimum Gasteiger partial charge on any atom is -0.367 e. The lowest BCUT2D eigenvalue weighted by Gasteiger charge is -2.23. The van der Waals surface area contributed by atoms with Crippen LogP contribution in [0, 0.1) is 6.92 Å². The van der Waals surface area contributed by atoms with Crippen LogP contribution in [0.15, 0.2) is 11.7 Å². The van der Waals surface area contributed by atoms with Crippen molar-refractivity contribution in [1.82, 2.24) is 15.3 Å². The number of fused-ring (bicyclic) bond motifs is 1. The highest BCUT2D eigenvalue weighted by Crippen LogP contribution is 2.30. The molecule has 0 spiro atoms. The highest BCUT2D eigenvalue weighted by Gasteiger charge is 2.16. The van der Waals surface area contributed by atoms with Gasteiger partial charge < -0.3 is 10.6 Å². The summed E-state index contributed by atoms with van der Waals surface area (Å²) in [5.74, 6) is 1.03. The molecule has 5 heteroatoms. The van der Waals surface area contributed by atoms with Gasteiger partial charge in [-0.15, -0.1) is 11.3 Å². The molecule has 1 fully saturated rings. The molecule has 2 N–H and O–H groups in total. The van der Waals surface area contributed by atoms with Gasteiger partial charge in [0, 0.05) is 6.04 Å². The van der Waals surface area contributed by atoms with Crippen LogP contribution in [0.25, 0.3) is 10.2 Å². The zero-order chi connectivity index (χ0) is 14.4. The Morgan fingerprint density at radius 2 is 1.85 bits per heavy atom. The van der Waals surface area contributed by atoms with Crippen LogP contribution in [0.2, 0.25) is 0 Å². The molecule has 0 unspecified atom stereocenters. The van der Waals surface area contributed by atoms with E-state index in [0.717, 1.165) is 10.6 Å². The van der Waals surface area contributed by atoms with E-state index in [-0.39, 0.29) is 0 Å². The molecule has 0 aliphatic heterocycles. The fourth-order valence-corrected chi connectivity index (χ4v) is 3.46. The van der Waals surface area contributed by atoms with E-state index in [0.29, 0.717) is 6.04 Å². The van der Waals surface area contributed by atoms with E-state index in [4.69, 9.17) is 0 Å². The molecule has 0 amide bonds. The number of anilines is 1. The van der Waals surface area contributed by atoms with E-state index >= 15 is 0 Å². The number of hydrogen-bond acceptors (Lipinski definition) is 5. The van der Waals surface area contributed by atoms with Gasteiger partial charge in [0.25, 0.3) is 0 Å². The molecule has 1 saturated carbocycles. The lowest BCUT2D eigenvalue weighted by atomic mass is 9.95. The molecule has 0 atom stereocenters. The van der Waals surface area contributed by atoms with Gasteiger partial charge >= 0.3 is 0 Å². The maximum absolute atomic E-state index is 4.42. The third-order valence-electron chi connectivity index (χ3n) is 3.50. The summed E-state index contributed by atoms with van der Waals surface area (Å²) in [6, 6.07) is 0.598. The summed E-state index contributed by atoms with van der Waals surface area (Å²) in [7, 11) is 3.75. The summed E-state index contributed by atoms with van der Waals surface area (Å²) < 4.78 is 0. The third-order valence-corrected chi connectivity index (χ3v) is 4.50. The molecule has 20 heavy (non-hydrogen) atoms. The smallest absolute Gasteiger partial charge is 0.138 e. The first kappa shape index (κ1) is 15.2. The summed E-state index contributed by atoms with van der Waals surface area (Å²) in [6.07, 6.45) is 8.28. The van der Waals surface area contributed by atoms with Crippen molar-refractivity contribution in [3.8, 4) is 0 Å². The van der Waals surface area contributed by atoms with Crippen molar-refractivity contribution in [3.05, 3.63) is 17.3 Å². The van der Waals surface area contributed by atoms with Gasteiger partial charge in [0.05, 0.1) is 5.39 Å².